The minimum absolute atomic E-state index is 0.0113. The number of piperidine rings is 1. The van der Waals surface area contributed by atoms with Crippen molar-refractivity contribution in [3.8, 4) is 9.75 Å². The summed E-state index contributed by atoms with van der Waals surface area (Å²) in [6.07, 6.45) is 6.90. The molecular formula is C24H27ClN4O3S3. The number of pyridine rings is 1. The van der Waals surface area contributed by atoms with E-state index in [4.69, 9.17) is 11.6 Å². The smallest absolute Gasteiger partial charge is 0.250 e. The van der Waals surface area contributed by atoms with Gasteiger partial charge in [-0.1, -0.05) is 11.6 Å². The minimum Gasteiger partial charge on any atom is -0.371 e. The highest BCUT2D eigenvalue weighted by Crippen LogP contribution is 2.37. The topological polar surface area (TPSA) is 82.6 Å². The van der Waals surface area contributed by atoms with E-state index in [1.54, 1.807) is 18.5 Å². The largest absolute Gasteiger partial charge is 0.371 e. The van der Waals surface area contributed by atoms with Crippen LogP contribution in [-0.4, -0.2) is 56.4 Å². The Morgan fingerprint density at radius 1 is 1.00 bits per heavy atom. The van der Waals surface area contributed by atoms with Gasteiger partial charge >= 0.3 is 0 Å². The van der Waals surface area contributed by atoms with Crippen molar-refractivity contribution in [1.29, 1.82) is 0 Å². The highest BCUT2D eigenvalue weighted by molar-refractivity contribution is 7.91. The van der Waals surface area contributed by atoms with Crippen molar-refractivity contribution < 1.29 is 13.2 Å². The molecule has 3 aromatic rings. The van der Waals surface area contributed by atoms with Gasteiger partial charge in [-0.2, -0.15) is 0 Å². The van der Waals surface area contributed by atoms with Crippen molar-refractivity contribution in [2.45, 2.75) is 35.9 Å². The fraction of sp³-hybridized carbons (Fsp3) is 0.417. The van der Waals surface area contributed by atoms with Crippen LogP contribution in [0.4, 0.5) is 5.69 Å². The summed E-state index contributed by atoms with van der Waals surface area (Å²) in [7, 11) is -3.65. The highest BCUT2D eigenvalue weighted by Gasteiger charge is 2.35. The molecule has 186 valence electrons. The summed E-state index contributed by atoms with van der Waals surface area (Å²) in [6, 6.07) is 11.0. The van der Waals surface area contributed by atoms with Crippen LogP contribution in [0.5, 0.6) is 0 Å². The first-order chi connectivity index (χ1) is 16.9. The normalized spacial score (nSPS) is 19.4. The first kappa shape index (κ1) is 24.7. The molecule has 7 nitrogen and oxygen atoms in total. The number of rotatable bonds is 7. The number of anilines is 1. The van der Waals surface area contributed by atoms with Gasteiger partial charge < -0.3 is 9.80 Å². The zero-order chi connectivity index (χ0) is 24.4. The summed E-state index contributed by atoms with van der Waals surface area (Å²) >= 11 is 8.67. The van der Waals surface area contributed by atoms with Gasteiger partial charge in [-0.3, -0.25) is 9.78 Å². The average molecular weight is 551 g/mol. The number of halogens is 1. The number of likely N-dealkylation sites (tertiary alicyclic amines) is 1. The number of sulfonamides is 1. The number of thiophene rings is 2. The molecule has 11 heteroatoms. The molecule has 35 heavy (non-hydrogen) atoms. The quantitative estimate of drug-likeness (QED) is 0.460. The molecule has 0 radical (unpaired) electrons. The summed E-state index contributed by atoms with van der Waals surface area (Å²) in [5, 5.41) is 0. The zero-order valence-electron chi connectivity index (χ0n) is 19.1. The predicted octanol–water partition coefficient (Wildman–Crippen LogP) is 4.71. The van der Waals surface area contributed by atoms with Gasteiger partial charge in [0.25, 0.3) is 0 Å². The molecule has 2 saturated heterocycles. The number of carbonyl (C=O) groups excluding carboxylic acids is 1. The van der Waals surface area contributed by atoms with E-state index < -0.39 is 10.0 Å². The lowest BCUT2D eigenvalue weighted by atomic mass is 9.94. The monoisotopic (exact) mass is 550 g/mol. The van der Waals surface area contributed by atoms with Crippen LogP contribution in [0.3, 0.4) is 0 Å². The number of aromatic nitrogens is 1. The molecule has 1 atom stereocenters. The molecule has 0 bridgehead atoms. The second-order valence-electron chi connectivity index (χ2n) is 8.87. The Morgan fingerprint density at radius 3 is 2.43 bits per heavy atom. The standard InChI is InChI=1S/C24H27ClN4O3S3/c25-22-5-3-20(33-22)21-4-6-23(34-21)35(31,32)27-16-19-2-1-13-29(19)24(30)17-9-14-28(15-10-17)18-7-11-26-12-8-18/h3-8,11-12,17,19,27H,1-2,9-10,13-16H2. The summed E-state index contributed by atoms with van der Waals surface area (Å²) in [5.74, 6) is 0.150. The molecule has 5 rings (SSSR count). The van der Waals surface area contributed by atoms with Gasteiger partial charge in [0.15, 0.2) is 0 Å². The van der Waals surface area contributed by atoms with Crippen molar-refractivity contribution >= 4 is 55.9 Å². The third-order valence-electron chi connectivity index (χ3n) is 6.70. The number of hydrogen-bond donors (Lipinski definition) is 1. The summed E-state index contributed by atoms with van der Waals surface area (Å²) in [6.45, 7) is 2.60. The van der Waals surface area contributed by atoms with Gasteiger partial charge in [-0.25, -0.2) is 13.1 Å². The molecule has 5 heterocycles. The molecule has 0 saturated carbocycles. The lowest BCUT2D eigenvalue weighted by Gasteiger charge is -2.36. The molecular weight excluding hydrogens is 524 g/mol. The van der Waals surface area contributed by atoms with E-state index in [9.17, 15) is 13.2 Å². The Kier molecular flexibility index (Phi) is 7.45. The van der Waals surface area contributed by atoms with E-state index in [0.29, 0.717) is 10.9 Å². The van der Waals surface area contributed by atoms with E-state index in [0.717, 1.165) is 54.2 Å². The third-order valence-corrected chi connectivity index (χ3v) is 11.1. The first-order valence-electron chi connectivity index (χ1n) is 11.7. The summed E-state index contributed by atoms with van der Waals surface area (Å²) in [4.78, 5) is 23.4. The molecule has 0 spiro atoms. The third kappa shape index (κ3) is 5.56. The van der Waals surface area contributed by atoms with Gasteiger partial charge in [0.1, 0.15) is 4.21 Å². The maximum atomic E-state index is 13.3. The van der Waals surface area contributed by atoms with E-state index in [1.807, 2.05) is 35.2 Å². The molecule has 2 aliphatic heterocycles. The molecule has 2 fully saturated rings. The number of amides is 1. The lowest BCUT2D eigenvalue weighted by molar-refractivity contribution is -0.136. The number of nitrogens with one attached hydrogen (secondary N) is 1. The van der Waals surface area contributed by atoms with E-state index in [-0.39, 0.29) is 28.6 Å². The van der Waals surface area contributed by atoms with Gasteiger partial charge in [-0.05, 0) is 62.1 Å². The van der Waals surface area contributed by atoms with Crippen LogP contribution >= 0.6 is 34.3 Å². The summed E-state index contributed by atoms with van der Waals surface area (Å²) in [5.41, 5.74) is 1.14. The molecule has 3 aromatic heterocycles. The van der Waals surface area contributed by atoms with Crippen LogP contribution in [-0.2, 0) is 14.8 Å². The predicted molar refractivity (Wildman–Crippen MR) is 142 cm³/mol. The maximum Gasteiger partial charge on any atom is 0.250 e. The van der Waals surface area contributed by atoms with Gasteiger partial charge in [0.05, 0.1) is 4.34 Å². The fourth-order valence-electron chi connectivity index (χ4n) is 4.83. The molecule has 1 unspecified atom stereocenters. The van der Waals surface area contributed by atoms with E-state index in [2.05, 4.69) is 14.6 Å². The molecule has 2 aliphatic rings. The van der Waals surface area contributed by atoms with Crippen molar-refractivity contribution in [2.24, 2.45) is 5.92 Å². The molecule has 0 aromatic carbocycles. The fourth-order valence-corrected chi connectivity index (χ4v) is 8.39. The van der Waals surface area contributed by atoms with Crippen LogP contribution in [0.1, 0.15) is 25.7 Å². The Hall–Kier alpha value is -1.98. The van der Waals surface area contributed by atoms with Crippen LogP contribution < -0.4 is 9.62 Å². The Balaban J connectivity index is 1.17. The molecule has 1 N–H and O–H groups in total. The minimum atomic E-state index is -3.65. The van der Waals surface area contributed by atoms with Crippen LogP contribution in [0.25, 0.3) is 9.75 Å². The second kappa shape index (κ2) is 10.6. The Bertz CT molecular complexity index is 1270. The Labute approximate surface area is 218 Å². The maximum absolute atomic E-state index is 13.3. The highest BCUT2D eigenvalue weighted by atomic mass is 35.5. The van der Waals surface area contributed by atoms with Crippen molar-refractivity contribution in [1.82, 2.24) is 14.6 Å². The number of nitrogens with zero attached hydrogens (tertiary/aromatic N) is 3. The number of hydrogen-bond acceptors (Lipinski definition) is 7. The SMILES string of the molecule is O=C(C1CCN(c2ccncc2)CC1)N1CCCC1CNS(=O)(=O)c1ccc(-c2ccc(Cl)s2)s1. The van der Waals surface area contributed by atoms with Crippen LogP contribution in [0.15, 0.2) is 53.0 Å². The van der Waals surface area contributed by atoms with E-state index in [1.165, 1.54) is 22.7 Å². The second-order valence-corrected chi connectivity index (χ2v) is 13.7. The molecule has 0 aliphatic carbocycles. The average Bonchev–Trinajstić information content (AvgIpc) is 3.64. The first-order valence-corrected chi connectivity index (χ1v) is 15.2. The van der Waals surface area contributed by atoms with Gasteiger partial charge in [-0.15, -0.1) is 22.7 Å². The van der Waals surface area contributed by atoms with Crippen LogP contribution in [0, 0.1) is 5.92 Å². The summed E-state index contributed by atoms with van der Waals surface area (Å²) < 4.78 is 29.6. The van der Waals surface area contributed by atoms with Crippen molar-refractivity contribution in [3.63, 3.8) is 0 Å². The lowest BCUT2D eigenvalue weighted by Crippen LogP contribution is -2.47. The Morgan fingerprint density at radius 2 is 1.71 bits per heavy atom. The molecule has 1 amide bonds. The zero-order valence-corrected chi connectivity index (χ0v) is 22.3. The van der Waals surface area contributed by atoms with Gasteiger partial charge in [0, 0.05) is 66.0 Å². The van der Waals surface area contributed by atoms with E-state index >= 15 is 0 Å². The van der Waals surface area contributed by atoms with Crippen LogP contribution in [0.2, 0.25) is 4.34 Å². The number of carbonyl (C=O) groups is 1. The van der Waals surface area contributed by atoms with Gasteiger partial charge in [0.2, 0.25) is 15.9 Å². The van der Waals surface area contributed by atoms with Crippen molar-refractivity contribution in [3.05, 3.63) is 53.1 Å². The van der Waals surface area contributed by atoms with Crippen molar-refractivity contribution in [2.75, 3.05) is 31.1 Å².